The van der Waals surface area contributed by atoms with Crippen molar-refractivity contribution in [2.24, 2.45) is 0 Å². The highest BCUT2D eigenvalue weighted by molar-refractivity contribution is 6.71. The Balaban J connectivity index is 2.99. The van der Waals surface area contributed by atoms with Crippen LogP contribution in [-0.2, 0) is 9.47 Å². The van der Waals surface area contributed by atoms with E-state index in [0.29, 0.717) is 6.51 Å². The van der Waals surface area contributed by atoms with E-state index in [1.54, 1.807) is 0 Å². The standard InChI is InChI=1S/C4H8BO3/c1-7-3-5-4(6)8-2/h3H2,1-2H3. The lowest BCUT2D eigenvalue weighted by Crippen LogP contribution is -2.14. The minimum Gasteiger partial charge on any atom is -0.477 e. The fraction of sp³-hybridized carbons (Fsp3) is 0.750. The van der Waals surface area contributed by atoms with Crippen molar-refractivity contribution in [3.05, 3.63) is 0 Å². The van der Waals surface area contributed by atoms with Crippen LogP contribution in [0.4, 0.5) is 4.79 Å². The summed E-state index contributed by atoms with van der Waals surface area (Å²) in [5.41, 5.74) is 0. The van der Waals surface area contributed by atoms with Crippen LogP contribution < -0.4 is 0 Å². The van der Waals surface area contributed by atoms with Gasteiger partial charge in [0.25, 0.3) is 7.28 Å². The Morgan fingerprint density at radius 2 is 2.25 bits per heavy atom. The van der Waals surface area contributed by atoms with Gasteiger partial charge in [0.15, 0.2) is 0 Å². The summed E-state index contributed by atoms with van der Waals surface area (Å²) in [6.07, 6.45) is 0. The second-order valence-corrected chi connectivity index (χ2v) is 1.18. The molecule has 0 aliphatic rings. The molecule has 0 saturated carbocycles. The molecule has 0 spiro atoms. The van der Waals surface area contributed by atoms with Gasteiger partial charge in [-0.15, -0.1) is 0 Å². The van der Waals surface area contributed by atoms with E-state index in [4.69, 9.17) is 0 Å². The van der Waals surface area contributed by atoms with E-state index in [-0.39, 0.29) is 5.87 Å². The summed E-state index contributed by atoms with van der Waals surface area (Å²) >= 11 is 0. The minimum absolute atomic E-state index is 0.312. The molecule has 0 aliphatic heterocycles. The zero-order valence-electron chi connectivity index (χ0n) is 5.01. The van der Waals surface area contributed by atoms with Gasteiger partial charge in [-0.2, -0.15) is 0 Å². The number of hydrogen-bond donors (Lipinski definition) is 0. The van der Waals surface area contributed by atoms with Crippen molar-refractivity contribution in [2.45, 2.75) is 0 Å². The van der Waals surface area contributed by atoms with Gasteiger partial charge in [-0.3, -0.25) is 4.79 Å². The van der Waals surface area contributed by atoms with Crippen LogP contribution in [0, 0.1) is 0 Å². The molecular weight excluding hydrogens is 107 g/mol. The molecule has 0 aromatic carbocycles. The van der Waals surface area contributed by atoms with Crippen molar-refractivity contribution >= 4 is 13.1 Å². The van der Waals surface area contributed by atoms with Crippen molar-refractivity contribution in [3.63, 3.8) is 0 Å². The Morgan fingerprint density at radius 3 is 2.62 bits per heavy atom. The number of rotatable bonds is 3. The lowest BCUT2D eigenvalue weighted by molar-refractivity contribution is 0.194. The smallest absolute Gasteiger partial charge is 0.292 e. The third kappa shape index (κ3) is 3.68. The van der Waals surface area contributed by atoms with Gasteiger partial charge >= 0.3 is 0 Å². The summed E-state index contributed by atoms with van der Waals surface area (Å²) < 4.78 is 8.84. The highest BCUT2D eigenvalue weighted by Gasteiger charge is 1.99. The molecule has 0 unspecified atom stereocenters. The van der Waals surface area contributed by atoms with Crippen LogP contribution in [-0.4, -0.2) is 33.9 Å². The summed E-state index contributed by atoms with van der Waals surface area (Å²) in [5.74, 6) is -0.355. The molecule has 0 rings (SSSR count). The van der Waals surface area contributed by atoms with Crippen molar-refractivity contribution in [2.75, 3.05) is 20.7 Å². The predicted molar refractivity (Wildman–Crippen MR) is 30.0 cm³/mol. The average molecular weight is 115 g/mol. The molecule has 0 aromatic rings. The third-order valence-corrected chi connectivity index (χ3v) is 0.618. The molecule has 45 valence electrons. The van der Waals surface area contributed by atoms with Crippen molar-refractivity contribution in [1.82, 2.24) is 0 Å². The second-order valence-electron chi connectivity index (χ2n) is 1.18. The Labute approximate surface area is 49.2 Å². The van der Waals surface area contributed by atoms with Gasteiger partial charge in [-0.05, 0) is 0 Å². The fourth-order valence-corrected chi connectivity index (χ4v) is 0.235. The molecular formula is C4H8BO3. The first-order valence-electron chi connectivity index (χ1n) is 2.21. The highest BCUT2D eigenvalue weighted by Crippen LogP contribution is 1.73. The number of carbonyl (C=O) groups is 1. The topological polar surface area (TPSA) is 35.5 Å². The monoisotopic (exact) mass is 115 g/mol. The predicted octanol–water partition coefficient (Wildman–Crippen LogP) is 0.0609. The van der Waals surface area contributed by atoms with E-state index in [2.05, 4.69) is 9.47 Å². The number of carbonyl (C=O) groups excluding carboxylic acids is 1. The van der Waals surface area contributed by atoms with E-state index in [0.717, 1.165) is 0 Å². The summed E-state index contributed by atoms with van der Waals surface area (Å²) in [4.78, 5) is 10.2. The van der Waals surface area contributed by atoms with Crippen LogP contribution in [0.15, 0.2) is 0 Å². The van der Waals surface area contributed by atoms with Crippen LogP contribution in [0.5, 0.6) is 0 Å². The molecule has 1 radical (unpaired) electrons. The average Bonchev–Trinajstić information content (AvgIpc) is 1.83. The maximum absolute atomic E-state index is 10.2. The molecule has 0 bridgehead atoms. The molecule has 0 aliphatic carbocycles. The maximum Gasteiger partial charge on any atom is 0.292 e. The first-order chi connectivity index (χ1) is 3.81. The highest BCUT2D eigenvalue weighted by atomic mass is 16.5. The number of hydrogen-bond acceptors (Lipinski definition) is 3. The summed E-state index contributed by atoms with van der Waals surface area (Å²) in [7, 11) is 4.16. The van der Waals surface area contributed by atoms with Crippen LogP contribution >= 0.6 is 0 Å². The fourth-order valence-electron chi connectivity index (χ4n) is 0.235. The van der Waals surface area contributed by atoms with Gasteiger partial charge < -0.3 is 9.47 Å². The SMILES string of the molecule is COC[B]C(=O)OC. The summed E-state index contributed by atoms with van der Waals surface area (Å²) in [6, 6.07) is 0. The maximum atomic E-state index is 10.2. The summed E-state index contributed by atoms with van der Waals surface area (Å²) in [6.45, 7) is 0.312. The lowest BCUT2D eigenvalue weighted by Gasteiger charge is -1.93. The van der Waals surface area contributed by atoms with E-state index in [1.165, 1.54) is 21.5 Å². The van der Waals surface area contributed by atoms with E-state index in [1.807, 2.05) is 0 Å². The normalized spacial score (nSPS) is 8.25. The van der Waals surface area contributed by atoms with Gasteiger partial charge in [-0.1, -0.05) is 0 Å². The van der Waals surface area contributed by atoms with Crippen molar-refractivity contribution in [3.8, 4) is 0 Å². The zero-order chi connectivity index (χ0) is 6.41. The Kier molecular flexibility index (Phi) is 4.36. The van der Waals surface area contributed by atoms with Crippen LogP contribution in [0.25, 0.3) is 0 Å². The zero-order valence-corrected chi connectivity index (χ0v) is 5.01. The molecule has 0 amide bonds. The quantitative estimate of drug-likeness (QED) is 0.488. The van der Waals surface area contributed by atoms with Gasteiger partial charge in [0.1, 0.15) is 0 Å². The van der Waals surface area contributed by atoms with Crippen molar-refractivity contribution in [1.29, 1.82) is 0 Å². The third-order valence-electron chi connectivity index (χ3n) is 0.618. The van der Waals surface area contributed by atoms with Gasteiger partial charge in [0.2, 0.25) is 5.87 Å². The second kappa shape index (κ2) is 4.65. The van der Waals surface area contributed by atoms with Gasteiger partial charge in [0.05, 0.1) is 7.11 Å². The van der Waals surface area contributed by atoms with Crippen LogP contribution in [0.3, 0.4) is 0 Å². The molecule has 0 saturated heterocycles. The Bertz CT molecular complexity index is 73.7. The van der Waals surface area contributed by atoms with E-state index in [9.17, 15) is 4.79 Å². The molecule has 0 fully saturated rings. The van der Waals surface area contributed by atoms with Crippen LogP contribution in [0.2, 0.25) is 0 Å². The van der Waals surface area contributed by atoms with Gasteiger partial charge in [-0.25, -0.2) is 0 Å². The molecule has 3 nitrogen and oxygen atoms in total. The van der Waals surface area contributed by atoms with E-state index >= 15 is 0 Å². The molecule has 0 atom stereocenters. The molecule has 4 heteroatoms. The van der Waals surface area contributed by atoms with Crippen molar-refractivity contribution < 1.29 is 14.3 Å². The first kappa shape index (κ1) is 7.49. The van der Waals surface area contributed by atoms with E-state index < -0.39 is 0 Å². The summed E-state index contributed by atoms with van der Waals surface area (Å²) in [5, 5.41) is 0. The Hall–Kier alpha value is -0.505. The molecule has 0 aromatic heterocycles. The van der Waals surface area contributed by atoms with Gasteiger partial charge in [0, 0.05) is 13.6 Å². The Morgan fingerprint density at radius 1 is 1.62 bits per heavy atom. The lowest BCUT2D eigenvalue weighted by atomic mass is 9.81. The molecule has 8 heavy (non-hydrogen) atoms. The number of ether oxygens (including phenoxy) is 2. The minimum atomic E-state index is -0.355. The molecule has 0 heterocycles. The van der Waals surface area contributed by atoms with Crippen LogP contribution in [0.1, 0.15) is 0 Å². The first-order valence-corrected chi connectivity index (χ1v) is 2.21. The molecule has 0 N–H and O–H groups in total. The largest absolute Gasteiger partial charge is 0.477 e. The number of methoxy groups -OCH3 is 2.